The van der Waals surface area contributed by atoms with Crippen LogP contribution in [0.25, 0.3) is 0 Å². The van der Waals surface area contributed by atoms with E-state index >= 15 is 0 Å². The molecule has 8 heteroatoms. The second-order valence-electron chi connectivity index (χ2n) is 5.82. The van der Waals surface area contributed by atoms with Gasteiger partial charge >= 0.3 is 6.18 Å². The van der Waals surface area contributed by atoms with E-state index in [9.17, 15) is 22.8 Å². The maximum absolute atomic E-state index is 13.3. The largest absolute Gasteiger partial charge is 0.418 e. The van der Waals surface area contributed by atoms with Crippen LogP contribution in [0.3, 0.4) is 0 Å². The molecule has 2 amide bonds. The second-order valence-corrected chi connectivity index (χ2v) is 6.26. The quantitative estimate of drug-likeness (QED) is 0.777. The highest BCUT2D eigenvalue weighted by Crippen LogP contribution is 2.38. The third kappa shape index (κ3) is 5.23. The lowest BCUT2D eigenvalue weighted by Crippen LogP contribution is -2.38. The van der Waals surface area contributed by atoms with Crippen LogP contribution in [-0.2, 0) is 22.2 Å². The monoisotopic (exact) mass is 398 g/mol. The number of para-hydroxylation sites is 1. The van der Waals surface area contributed by atoms with Crippen LogP contribution in [0.2, 0.25) is 5.02 Å². The summed E-state index contributed by atoms with van der Waals surface area (Å²) >= 11 is 5.67. The number of hydrogen-bond donors (Lipinski definition) is 1. The molecular formula is C19H18ClF3N2O2. The first-order valence-electron chi connectivity index (χ1n) is 8.16. The van der Waals surface area contributed by atoms with Gasteiger partial charge in [-0.05, 0) is 36.2 Å². The number of carbonyl (C=O) groups is 2. The van der Waals surface area contributed by atoms with Gasteiger partial charge in [0, 0.05) is 17.6 Å². The van der Waals surface area contributed by atoms with Crippen molar-refractivity contribution in [3.05, 3.63) is 58.6 Å². The lowest BCUT2D eigenvalue weighted by atomic mass is 10.1. The van der Waals surface area contributed by atoms with Gasteiger partial charge in [-0.3, -0.25) is 9.59 Å². The first kappa shape index (κ1) is 20.8. The van der Waals surface area contributed by atoms with E-state index < -0.39 is 35.8 Å². The summed E-state index contributed by atoms with van der Waals surface area (Å²) < 4.78 is 40.0. The van der Waals surface area contributed by atoms with Crippen molar-refractivity contribution < 1.29 is 22.8 Å². The first-order valence-corrected chi connectivity index (χ1v) is 8.54. The zero-order valence-corrected chi connectivity index (χ0v) is 15.5. The summed E-state index contributed by atoms with van der Waals surface area (Å²) in [7, 11) is 0. The molecule has 2 aromatic rings. The van der Waals surface area contributed by atoms with E-state index in [2.05, 4.69) is 5.32 Å². The summed E-state index contributed by atoms with van der Waals surface area (Å²) in [4.78, 5) is 25.1. The van der Waals surface area contributed by atoms with Crippen molar-refractivity contribution in [1.82, 2.24) is 0 Å². The second kappa shape index (κ2) is 8.43. The number of aryl methyl sites for hydroxylation is 1. The lowest BCUT2D eigenvalue weighted by molar-refractivity contribution is -0.137. The number of nitrogens with one attached hydrogen (secondary N) is 1. The number of halogens is 4. The first-order chi connectivity index (χ1) is 12.6. The van der Waals surface area contributed by atoms with Gasteiger partial charge in [0.05, 0.1) is 11.3 Å². The number of hydrogen-bond acceptors (Lipinski definition) is 2. The van der Waals surface area contributed by atoms with Crippen LogP contribution < -0.4 is 10.2 Å². The summed E-state index contributed by atoms with van der Waals surface area (Å²) in [6.45, 7) is 2.45. The van der Waals surface area contributed by atoms with Crippen molar-refractivity contribution in [2.45, 2.75) is 26.4 Å². The molecular weight excluding hydrogens is 381 g/mol. The van der Waals surface area contributed by atoms with E-state index in [0.717, 1.165) is 29.5 Å². The normalized spacial score (nSPS) is 11.2. The predicted molar refractivity (Wildman–Crippen MR) is 98.9 cm³/mol. The SMILES string of the molecule is CCc1ccccc1NC(=O)CN(C(C)=O)c1ccc(Cl)cc1C(F)(F)F. The maximum Gasteiger partial charge on any atom is 0.418 e. The Hall–Kier alpha value is -2.54. The van der Waals surface area contributed by atoms with Crippen LogP contribution in [-0.4, -0.2) is 18.4 Å². The number of amides is 2. The molecule has 0 fully saturated rings. The highest BCUT2D eigenvalue weighted by Gasteiger charge is 2.36. The molecule has 27 heavy (non-hydrogen) atoms. The van der Waals surface area contributed by atoms with Crippen LogP contribution >= 0.6 is 11.6 Å². The van der Waals surface area contributed by atoms with Gasteiger partial charge in [-0.2, -0.15) is 13.2 Å². The maximum atomic E-state index is 13.3. The topological polar surface area (TPSA) is 49.4 Å². The Kier molecular flexibility index (Phi) is 6.49. The summed E-state index contributed by atoms with van der Waals surface area (Å²) in [6.07, 6.45) is -4.05. The highest BCUT2D eigenvalue weighted by atomic mass is 35.5. The molecule has 0 aliphatic carbocycles. The van der Waals surface area contributed by atoms with Crippen LogP contribution in [0.4, 0.5) is 24.5 Å². The van der Waals surface area contributed by atoms with Gasteiger partial charge in [-0.1, -0.05) is 36.7 Å². The molecule has 1 N–H and O–H groups in total. The third-order valence-corrected chi connectivity index (χ3v) is 4.14. The van der Waals surface area contributed by atoms with Crippen LogP contribution in [0, 0.1) is 0 Å². The Morgan fingerprint density at radius 1 is 1.15 bits per heavy atom. The van der Waals surface area contributed by atoms with Crippen LogP contribution in [0.5, 0.6) is 0 Å². The molecule has 2 aromatic carbocycles. The van der Waals surface area contributed by atoms with Crippen molar-refractivity contribution in [1.29, 1.82) is 0 Å². The molecule has 0 radical (unpaired) electrons. The minimum Gasteiger partial charge on any atom is -0.324 e. The Balaban J connectivity index is 2.32. The summed E-state index contributed by atoms with van der Waals surface area (Å²) in [5.74, 6) is -1.30. The van der Waals surface area contributed by atoms with Gasteiger partial charge in [0.25, 0.3) is 0 Å². The minimum absolute atomic E-state index is 0.115. The van der Waals surface area contributed by atoms with Gasteiger partial charge < -0.3 is 10.2 Å². The molecule has 0 aliphatic rings. The number of carbonyl (C=O) groups excluding carboxylic acids is 2. The van der Waals surface area contributed by atoms with Gasteiger partial charge in [-0.25, -0.2) is 0 Å². The number of anilines is 2. The number of nitrogens with zero attached hydrogens (tertiary/aromatic N) is 1. The van der Waals surface area contributed by atoms with Gasteiger partial charge in [0.1, 0.15) is 6.54 Å². The highest BCUT2D eigenvalue weighted by molar-refractivity contribution is 6.30. The number of benzene rings is 2. The summed E-state index contributed by atoms with van der Waals surface area (Å²) in [6, 6.07) is 10.1. The van der Waals surface area contributed by atoms with Crippen molar-refractivity contribution in [2.24, 2.45) is 0 Å². The molecule has 0 unspecified atom stereocenters. The van der Waals surface area contributed by atoms with Gasteiger partial charge in [0.15, 0.2) is 0 Å². The fourth-order valence-electron chi connectivity index (χ4n) is 2.62. The lowest BCUT2D eigenvalue weighted by Gasteiger charge is -2.24. The molecule has 0 aromatic heterocycles. The minimum atomic E-state index is -4.72. The number of rotatable bonds is 5. The standard InChI is InChI=1S/C19H18ClF3N2O2/c1-3-13-6-4-5-7-16(13)24-18(27)11-25(12(2)26)17-9-8-14(20)10-15(17)19(21,22)23/h4-10H,3,11H2,1-2H3,(H,24,27). The molecule has 0 atom stereocenters. The molecule has 0 saturated carbocycles. The van der Waals surface area contributed by atoms with Crippen molar-refractivity contribution in [2.75, 3.05) is 16.8 Å². The van der Waals surface area contributed by atoms with Crippen molar-refractivity contribution in [3.63, 3.8) is 0 Å². The summed E-state index contributed by atoms with van der Waals surface area (Å²) in [5.41, 5.74) is -0.0614. The van der Waals surface area contributed by atoms with E-state index in [1.807, 2.05) is 19.1 Å². The Morgan fingerprint density at radius 2 is 1.81 bits per heavy atom. The molecule has 0 bridgehead atoms. The van der Waals surface area contributed by atoms with E-state index in [1.54, 1.807) is 12.1 Å². The predicted octanol–water partition coefficient (Wildman–Crippen LogP) is 4.91. The van der Waals surface area contributed by atoms with E-state index in [0.29, 0.717) is 12.1 Å². The number of alkyl halides is 3. The van der Waals surface area contributed by atoms with Crippen molar-refractivity contribution in [3.8, 4) is 0 Å². The average Bonchev–Trinajstić information content (AvgIpc) is 2.59. The molecule has 2 rings (SSSR count). The zero-order valence-electron chi connectivity index (χ0n) is 14.7. The van der Waals surface area contributed by atoms with Crippen LogP contribution in [0.15, 0.2) is 42.5 Å². The Morgan fingerprint density at radius 3 is 2.41 bits per heavy atom. The van der Waals surface area contributed by atoms with Crippen LogP contribution in [0.1, 0.15) is 25.0 Å². The molecule has 0 saturated heterocycles. The fraction of sp³-hybridized carbons (Fsp3) is 0.263. The van der Waals surface area contributed by atoms with E-state index in [4.69, 9.17) is 11.6 Å². The Labute approximate surface area is 159 Å². The molecule has 0 heterocycles. The average molecular weight is 399 g/mol. The van der Waals surface area contributed by atoms with E-state index in [1.165, 1.54) is 6.07 Å². The van der Waals surface area contributed by atoms with Crippen molar-refractivity contribution >= 4 is 34.8 Å². The third-order valence-electron chi connectivity index (χ3n) is 3.91. The molecule has 4 nitrogen and oxygen atoms in total. The molecule has 0 spiro atoms. The van der Waals surface area contributed by atoms with Gasteiger partial charge in [0.2, 0.25) is 11.8 Å². The molecule has 0 aliphatic heterocycles. The van der Waals surface area contributed by atoms with Gasteiger partial charge in [-0.15, -0.1) is 0 Å². The van der Waals surface area contributed by atoms with E-state index in [-0.39, 0.29) is 5.02 Å². The zero-order chi connectivity index (χ0) is 20.2. The Bertz CT molecular complexity index is 853. The fourth-order valence-corrected chi connectivity index (χ4v) is 2.79. The smallest absolute Gasteiger partial charge is 0.324 e. The molecule has 144 valence electrons. The summed E-state index contributed by atoms with van der Waals surface area (Å²) in [5, 5.41) is 2.53.